The fourth-order valence-corrected chi connectivity index (χ4v) is 7.15. The lowest BCUT2D eigenvalue weighted by molar-refractivity contribution is 0.0405. The summed E-state index contributed by atoms with van der Waals surface area (Å²) >= 11 is 0. The summed E-state index contributed by atoms with van der Waals surface area (Å²) in [6.07, 6.45) is 4.13. The SMILES string of the molecule is Nc1ncccc1-c1nc2ccc(-c3ccccc3)nc2n1-c1ccc(CN2CC3CCC(C2)N3C(=O)c2ccc(O)c(C=O)c2)cc1. The molecule has 2 saturated heterocycles. The third-order valence-electron chi connectivity index (χ3n) is 9.45. The highest BCUT2D eigenvalue weighted by atomic mass is 16.3. The second kappa shape index (κ2) is 12.1. The molecule has 48 heavy (non-hydrogen) atoms. The van der Waals surface area contributed by atoms with Crippen LogP contribution < -0.4 is 5.73 Å². The number of likely N-dealkylation sites (tertiary alicyclic amines) is 1. The topological polar surface area (TPSA) is 130 Å². The van der Waals surface area contributed by atoms with Gasteiger partial charge in [0, 0.05) is 54.7 Å². The minimum atomic E-state index is -0.118. The first kappa shape index (κ1) is 29.5. The molecule has 2 aliphatic heterocycles. The van der Waals surface area contributed by atoms with Gasteiger partial charge in [0.15, 0.2) is 17.8 Å². The molecule has 8 rings (SSSR count). The average molecular weight is 636 g/mol. The molecule has 10 heteroatoms. The molecular formula is C38H33N7O3. The van der Waals surface area contributed by atoms with Crippen molar-refractivity contribution >= 4 is 29.2 Å². The van der Waals surface area contributed by atoms with Crippen LogP contribution in [-0.2, 0) is 6.54 Å². The number of nitrogens with zero attached hydrogens (tertiary/aromatic N) is 6. The Kier molecular flexibility index (Phi) is 7.41. The summed E-state index contributed by atoms with van der Waals surface area (Å²) in [4.78, 5) is 43.6. The molecule has 2 fully saturated rings. The monoisotopic (exact) mass is 635 g/mol. The molecule has 1 amide bonds. The molecule has 6 aromatic rings. The Hall–Kier alpha value is -5.87. The second-order valence-electron chi connectivity index (χ2n) is 12.5. The van der Waals surface area contributed by atoms with E-state index in [1.54, 1.807) is 12.3 Å². The molecule has 2 aliphatic rings. The number of phenols is 1. The predicted octanol–water partition coefficient (Wildman–Crippen LogP) is 5.74. The third-order valence-corrected chi connectivity index (χ3v) is 9.45. The van der Waals surface area contributed by atoms with Gasteiger partial charge in [0.1, 0.15) is 17.1 Å². The van der Waals surface area contributed by atoms with Gasteiger partial charge in [0.05, 0.1) is 16.8 Å². The van der Waals surface area contributed by atoms with Crippen LogP contribution in [0.25, 0.3) is 39.5 Å². The fourth-order valence-electron chi connectivity index (χ4n) is 7.15. The number of carbonyl (C=O) groups is 2. The Labute approximate surface area is 277 Å². The molecule has 0 saturated carbocycles. The molecule has 238 valence electrons. The molecule has 10 nitrogen and oxygen atoms in total. The zero-order chi connectivity index (χ0) is 32.8. The minimum absolute atomic E-state index is 0.0868. The van der Waals surface area contributed by atoms with Crippen LogP contribution in [0.1, 0.15) is 39.1 Å². The lowest BCUT2D eigenvalue weighted by atomic mass is 10.1. The predicted molar refractivity (Wildman–Crippen MR) is 184 cm³/mol. The van der Waals surface area contributed by atoms with Crippen molar-refractivity contribution < 1.29 is 14.7 Å². The Morgan fingerprint density at radius 2 is 1.67 bits per heavy atom. The maximum atomic E-state index is 13.5. The molecule has 2 atom stereocenters. The number of hydrogen-bond acceptors (Lipinski definition) is 8. The number of nitrogens with two attached hydrogens (primary N) is 1. The largest absolute Gasteiger partial charge is 0.507 e. The fraction of sp³-hybridized carbons (Fsp3) is 0.184. The number of nitrogen functional groups attached to an aromatic ring is 1. The number of phenolic OH excluding ortho intramolecular Hbond substituents is 1. The van der Waals surface area contributed by atoms with E-state index in [9.17, 15) is 14.7 Å². The number of carbonyl (C=O) groups excluding carboxylic acids is 2. The molecule has 5 heterocycles. The van der Waals surface area contributed by atoms with E-state index in [0.29, 0.717) is 23.5 Å². The average Bonchev–Trinajstić information content (AvgIpc) is 3.62. The number of benzene rings is 3. The lowest BCUT2D eigenvalue weighted by Crippen LogP contribution is -2.55. The second-order valence-corrected chi connectivity index (χ2v) is 12.5. The van der Waals surface area contributed by atoms with Crippen LogP contribution in [-0.4, -0.2) is 71.8 Å². The highest BCUT2D eigenvalue weighted by molar-refractivity contribution is 5.97. The van der Waals surface area contributed by atoms with Gasteiger partial charge in [-0.15, -0.1) is 0 Å². The summed E-state index contributed by atoms with van der Waals surface area (Å²) in [6.45, 7) is 2.30. The first-order chi connectivity index (χ1) is 23.5. The van der Waals surface area contributed by atoms with Crippen LogP contribution in [0.15, 0.2) is 103 Å². The van der Waals surface area contributed by atoms with Crippen molar-refractivity contribution in [3.63, 3.8) is 0 Å². The first-order valence-corrected chi connectivity index (χ1v) is 16.0. The number of pyridine rings is 2. The molecule has 2 unspecified atom stereocenters. The number of aldehydes is 1. The maximum absolute atomic E-state index is 13.5. The number of anilines is 1. The van der Waals surface area contributed by atoms with E-state index in [1.165, 1.54) is 12.1 Å². The van der Waals surface area contributed by atoms with Gasteiger partial charge < -0.3 is 15.7 Å². The summed E-state index contributed by atoms with van der Waals surface area (Å²) in [7, 11) is 0. The third kappa shape index (κ3) is 5.26. The summed E-state index contributed by atoms with van der Waals surface area (Å²) < 4.78 is 2.04. The van der Waals surface area contributed by atoms with Crippen LogP contribution in [0.3, 0.4) is 0 Å². The van der Waals surface area contributed by atoms with Crippen LogP contribution in [0.5, 0.6) is 5.75 Å². The van der Waals surface area contributed by atoms with Crippen LogP contribution in [0, 0.1) is 0 Å². The Morgan fingerprint density at radius 3 is 2.40 bits per heavy atom. The number of hydrogen-bond donors (Lipinski definition) is 2. The number of fused-ring (bicyclic) bond motifs is 3. The van der Waals surface area contributed by atoms with Gasteiger partial charge in [0.25, 0.3) is 5.91 Å². The summed E-state index contributed by atoms with van der Waals surface area (Å²) in [5.41, 5.74) is 13.1. The smallest absolute Gasteiger partial charge is 0.254 e. The number of piperazine rings is 1. The van der Waals surface area contributed by atoms with Gasteiger partial charge in [-0.2, -0.15) is 0 Å². The number of imidazole rings is 1. The lowest BCUT2D eigenvalue weighted by Gasteiger charge is -2.41. The molecule has 3 aromatic heterocycles. The highest BCUT2D eigenvalue weighted by Gasteiger charge is 2.42. The van der Waals surface area contributed by atoms with E-state index in [2.05, 4.69) is 34.1 Å². The van der Waals surface area contributed by atoms with Crippen LogP contribution in [0.2, 0.25) is 0 Å². The molecule has 3 N–H and O–H groups in total. The Balaban J connectivity index is 1.06. The van der Waals surface area contributed by atoms with Crippen LogP contribution in [0.4, 0.5) is 5.82 Å². The normalized spacial score (nSPS) is 17.5. The van der Waals surface area contributed by atoms with E-state index in [1.807, 2.05) is 64.1 Å². The van der Waals surface area contributed by atoms with Gasteiger partial charge in [-0.25, -0.2) is 15.0 Å². The van der Waals surface area contributed by atoms with E-state index < -0.39 is 0 Å². The summed E-state index contributed by atoms with van der Waals surface area (Å²) in [5.74, 6) is 0.867. The van der Waals surface area contributed by atoms with Gasteiger partial charge in [-0.3, -0.25) is 19.1 Å². The first-order valence-electron chi connectivity index (χ1n) is 16.0. The standard InChI is InChI=1S/C38H33N7O3/c39-35-31(7-4-18-40-35)36-42-33-16-15-32(25-5-2-1-3-6-25)41-37(33)45(36)28-11-8-24(9-12-28)20-43-21-29-13-14-30(22-43)44(29)38(48)26-10-17-34(47)27(19-26)23-46/h1-12,15-19,23,29-30,47H,13-14,20-22H2,(H2,39,40). The molecule has 3 aromatic carbocycles. The highest BCUT2D eigenvalue weighted by Crippen LogP contribution is 2.34. The van der Waals surface area contributed by atoms with Crippen molar-refractivity contribution in [1.29, 1.82) is 0 Å². The Bertz CT molecular complexity index is 2150. The van der Waals surface area contributed by atoms with Gasteiger partial charge >= 0.3 is 0 Å². The number of aromatic hydroxyl groups is 1. The van der Waals surface area contributed by atoms with Crippen molar-refractivity contribution in [2.24, 2.45) is 0 Å². The van der Waals surface area contributed by atoms with Gasteiger partial charge in [-0.05, 0) is 73.0 Å². The molecule has 2 bridgehead atoms. The quantitative estimate of drug-likeness (QED) is 0.213. The van der Waals surface area contributed by atoms with Crippen molar-refractivity contribution in [3.8, 4) is 34.1 Å². The minimum Gasteiger partial charge on any atom is -0.507 e. The summed E-state index contributed by atoms with van der Waals surface area (Å²) in [6, 6.07) is 31.0. The molecule has 0 spiro atoms. The molecular weight excluding hydrogens is 602 g/mol. The zero-order valence-electron chi connectivity index (χ0n) is 26.1. The number of amides is 1. The number of aromatic nitrogens is 4. The van der Waals surface area contributed by atoms with Crippen molar-refractivity contribution in [2.45, 2.75) is 31.5 Å². The maximum Gasteiger partial charge on any atom is 0.254 e. The van der Waals surface area contributed by atoms with Crippen molar-refractivity contribution in [3.05, 3.63) is 120 Å². The van der Waals surface area contributed by atoms with Crippen molar-refractivity contribution in [2.75, 3.05) is 18.8 Å². The molecule has 0 aliphatic carbocycles. The van der Waals surface area contributed by atoms with Gasteiger partial charge in [-0.1, -0.05) is 42.5 Å². The summed E-state index contributed by atoms with van der Waals surface area (Å²) in [5, 5.41) is 9.89. The van der Waals surface area contributed by atoms with Gasteiger partial charge in [0.2, 0.25) is 0 Å². The molecule has 0 radical (unpaired) electrons. The number of rotatable bonds is 7. The van der Waals surface area contributed by atoms with E-state index >= 15 is 0 Å². The van der Waals surface area contributed by atoms with E-state index in [4.69, 9.17) is 15.7 Å². The van der Waals surface area contributed by atoms with E-state index in [0.717, 1.165) is 71.7 Å². The Morgan fingerprint density at radius 1 is 0.896 bits per heavy atom. The zero-order valence-corrected chi connectivity index (χ0v) is 26.1. The van der Waals surface area contributed by atoms with Crippen LogP contribution >= 0.6 is 0 Å². The van der Waals surface area contributed by atoms with E-state index in [-0.39, 0.29) is 29.3 Å². The van der Waals surface area contributed by atoms with Crippen molar-refractivity contribution in [1.82, 2.24) is 29.3 Å².